The summed E-state index contributed by atoms with van der Waals surface area (Å²) in [6.45, 7) is 1.24. The first-order chi connectivity index (χ1) is 13.8. The molecule has 0 aromatic rings. The summed E-state index contributed by atoms with van der Waals surface area (Å²) >= 11 is 1.65. The minimum absolute atomic E-state index is 0. The minimum Gasteiger partial charge on any atom is -0.372 e. The lowest BCUT2D eigenvalue weighted by molar-refractivity contribution is -0.769. The fourth-order valence-corrected chi connectivity index (χ4v) is 5.34. The lowest BCUT2D eigenvalue weighted by atomic mass is 10.1. The van der Waals surface area contributed by atoms with E-state index in [2.05, 4.69) is 9.68 Å². The van der Waals surface area contributed by atoms with Crippen LogP contribution in [-0.2, 0) is 39.4 Å². The van der Waals surface area contributed by atoms with E-state index in [1.807, 2.05) is 6.26 Å². The van der Waals surface area contributed by atoms with Crippen LogP contribution in [0.4, 0.5) is 0 Å². The molecule has 13 nitrogen and oxygen atoms in total. The molecule has 0 saturated carbocycles. The van der Waals surface area contributed by atoms with Crippen molar-refractivity contribution in [3.63, 3.8) is 0 Å². The molecule has 9 atom stereocenters. The highest BCUT2D eigenvalue weighted by Gasteiger charge is 2.51. The summed E-state index contributed by atoms with van der Waals surface area (Å²) in [7, 11) is -1.05. The van der Waals surface area contributed by atoms with Gasteiger partial charge in [-0.05, 0) is 6.26 Å². The fourth-order valence-electron chi connectivity index (χ4n) is 3.75. The third-order valence-electron chi connectivity index (χ3n) is 5.10. The monoisotopic (exact) mass is 474 g/mol. The van der Waals surface area contributed by atoms with E-state index in [-0.39, 0.29) is 49.5 Å². The highest BCUT2D eigenvalue weighted by molar-refractivity contribution is 7.99. The molecule has 4 rings (SSSR count). The molecule has 4 saturated heterocycles. The Balaban J connectivity index is 0.000000207. The molecule has 15 heteroatoms. The van der Waals surface area contributed by atoms with Crippen LogP contribution in [0, 0.1) is 20.2 Å². The Bertz CT molecular complexity index is 642. The Labute approximate surface area is 179 Å². The van der Waals surface area contributed by atoms with Crippen LogP contribution in [0.15, 0.2) is 0 Å². The van der Waals surface area contributed by atoms with Crippen molar-refractivity contribution in [2.45, 2.75) is 54.6 Å². The second-order valence-corrected chi connectivity index (χ2v) is 9.42. The van der Waals surface area contributed by atoms with Gasteiger partial charge in [0.25, 0.3) is 10.2 Å². The molecule has 0 bridgehead atoms. The minimum atomic E-state index is -1.05. The van der Waals surface area contributed by atoms with Gasteiger partial charge in [0.05, 0.1) is 36.9 Å². The van der Waals surface area contributed by atoms with Crippen molar-refractivity contribution < 1.29 is 43.0 Å². The maximum Gasteiger partial charge on any atom is 0.294 e. The number of ether oxygens (including phenoxy) is 4. The maximum absolute atomic E-state index is 11.3. The molecule has 0 radical (unpaired) electrons. The Morgan fingerprint density at radius 1 is 0.867 bits per heavy atom. The van der Waals surface area contributed by atoms with E-state index in [0.29, 0.717) is 13.2 Å². The van der Waals surface area contributed by atoms with E-state index in [1.54, 1.807) is 18.0 Å². The molecule has 0 aliphatic carbocycles. The molecule has 0 amide bonds. The van der Waals surface area contributed by atoms with E-state index >= 15 is 0 Å². The first-order valence-corrected chi connectivity index (χ1v) is 11.7. The molecule has 4 aliphatic rings. The Morgan fingerprint density at radius 3 is 1.83 bits per heavy atom. The van der Waals surface area contributed by atoms with Gasteiger partial charge in [-0.25, -0.2) is 0 Å². The molecule has 4 aliphatic heterocycles. The largest absolute Gasteiger partial charge is 0.372 e. The summed E-state index contributed by atoms with van der Waals surface area (Å²) in [6.07, 6.45) is 1.13. The standard InChI is InChI=1S/C7H11NO6S.C7H11NO5S.CH4/c1-15(11)5-3-13-6-4(14-8(9)10)2-12-7(5)6;1-14-5-3-12-6-4(13-8(9)10)2-11-7(5)6;/h4-7H,2-3H2,1H3;4-7H,2-3H2,1H3;1H4/t4-,5+,6-,7-,15-;4-,5+,6-,7-;/m11./s1. The van der Waals surface area contributed by atoms with Gasteiger partial charge in [-0.3, -0.25) is 4.21 Å². The van der Waals surface area contributed by atoms with E-state index in [9.17, 15) is 24.4 Å². The number of hydrogen-bond donors (Lipinski definition) is 0. The topological polar surface area (TPSA) is 159 Å². The summed E-state index contributed by atoms with van der Waals surface area (Å²) in [6, 6.07) is 0. The molecule has 30 heavy (non-hydrogen) atoms. The summed E-state index contributed by atoms with van der Waals surface area (Å²) in [4.78, 5) is 29.2. The van der Waals surface area contributed by atoms with Crippen molar-refractivity contribution in [1.29, 1.82) is 0 Å². The first kappa shape index (κ1) is 25.0. The number of nitrogens with zero attached hydrogens (tertiary/aromatic N) is 2. The molecular weight excluding hydrogens is 448 g/mol. The molecule has 0 N–H and O–H groups in total. The van der Waals surface area contributed by atoms with Crippen molar-refractivity contribution in [2.75, 3.05) is 38.9 Å². The van der Waals surface area contributed by atoms with Gasteiger partial charge in [-0.15, -0.1) is 20.2 Å². The van der Waals surface area contributed by atoms with Crippen molar-refractivity contribution in [2.24, 2.45) is 0 Å². The number of hydrogen-bond acceptors (Lipinski definition) is 12. The molecule has 4 fully saturated rings. The molecule has 0 unspecified atom stereocenters. The number of fused-ring (bicyclic) bond motifs is 2. The van der Waals surface area contributed by atoms with Crippen molar-refractivity contribution in [3.05, 3.63) is 20.2 Å². The normalized spacial score (nSPS) is 39.7. The summed E-state index contributed by atoms with van der Waals surface area (Å²) in [5.74, 6) is 0. The van der Waals surface area contributed by atoms with E-state index < -0.39 is 39.3 Å². The van der Waals surface area contributed by atoms with Gasteiger partial charge < -0.3 is 28.6 Å². The Morgan fingerprint density at radius 2 is 1.33 bits per heavy atom. The van der Waals surface area contributed by atoms with E-state index in [4.69, 9.17) is 18.9 Å². The van der Waals surface area contributed by atoms with Crippen LogP contribution in [0.5, 0.6) is 0 Å². The molecule has 0 aromatic heterocycles. The van der Waals surface area contributed by atoms with E-state index in [1.165, 1.54) is 0 Å². The Kier molecular flexibility index (Phi) is 9.05. The van der Waals surface area contributed by atoms with Gasteiger partial charge in [0.15, 0.2) is 12.2 Å². The van der Waals surface area contributed by atoms with Crippen molar-refractivity contribution >= 4 is 22.6 Å². The first-order valence-electron chi connectivity index (χ1n) is 8.75. The summed E-state index contributed by atoms with van der Waals surface area (Å²) in [5, 5.41) is 18.7. The number of thioether (sulfide) groups is 1. The molecule has 174 valence electrons. The van der Waals surface area contributed by atoms with Crippen molar-refractivity contribution in [1.82, 2.24) is 0 Å². The quantitative estimate of drug-likeness (QED) is 0.370. The van der Waals surface area contributed by atoms with Gasteiger partial charge >= 0.3 is 0 Å². The van der Waals surface area contributed by atoms with Crippen LogP contribution in [-0.4, -0.2) is 100 Å². The summed E-state index contributed by atoms with van der Waals surface area (Å²) in [5.41, 5.74) is 0. The fraction of sp³-hybridized carbons (Fsp3) is 1.00. The third-order valence-corrected chi connectivity index (χ3v) is 7.36. The van der Waals surface area contributed by atoms with Gasteiger partial charge in [0.1, 0.15) is 24.4 Å². The third kappa shape index (κ3) is 5.50. The van der Waals surface area contributed by atoms with Gasteiger partial charge in [-0.2, -0.15) is 11.8 Å². The Hall–Kier alpha value is -1.26. The average Bonchev–Trinajstić information content (AvgIpc) is 3.38. The van der Waals surface area contributed by atoms with Gasteiger partial charge in [-0.1, -0.05) is 7.43 Å². The zero-order chi connectivity index (χ0) is 21.1. The molecule has 0 aromatic carbocycles. The second-order valence-electron chi connectivity index (χ2n) is 6.74. The maximum atomic E-state index is 11.3. The van der Waals surface area contributed by atoms with Crippen LogP contribution in [0.25, 0.3) is 0 Å². The number of rotatable bonds is 6. The van der Waals surface area contributed by atoms with Crippen molar-refractivity contribution in [3.8, 4) is 0 Å². The smallest absolute Gasteiger partial charge is 0.294 e. The van der Waals surface area contributed by atoms with Crippen LogP contribution >= 0.6 is 11.8 Å². The molecular formula is C15H26N2O11S2. The summed E-state index contributed by atoms with van der Waals surface area (Å²) < 4.78 is 32.8. The highest BCUT2D eigenvalue weighted by atomic mass is 32.2. The van der Waals surface area contributed by atoms with Gasteiger partial charge in [0, 0.05) is 17.1 Å². The predicted octanol–water partition coefficient (Wildman–Crippen LogP) is -0.163. The average molecular weight is 475 g/mol. The zero-order valence-electron chi connectivity index (χ0n) is 15.6. The zero-order valence-corrected chi connectivity index (χ0v) is 17.3. The molecule has 4 heterocycles. The van der Waals surface area contributed by atoms with Crippen LogP contribution in [0.2, 0.25) is 0 Å². The highest BCUT2D eigenvalue weighted by Crippen LogP contribution is 2.34. The lowest BCUT2D eigenvalue weighted by Crippen LogP contribution is -2.35. The van der Waals surface area contributed by atoms with Gasteiger partial charge in [0.2, 0.25) is 0 Å². The predicted molar refractivity (Wildman–Crippen MR) is 105 cm³/mol. The van der Waals surface area contributed by atoms with Crippen LogP contribution in [0.3, 0.4) is 0 Å². The molecule has 0 spiro atoms. The van der Waals surface area contributed by atoms with Crippen LogP contribution in [0.1, 0.15) is 7.43 Å². The van der Waals surface area contributed by atoms with Crippen LogP contribution < -0.4 is 0 Å². The second kappa shape index (κ2) is 10.9. The lowest BCUT2D eigenvalue weighted by Gasteiger charge is -2.13. The SMILES string of the molecule is C.CS[C@H]1CO[C@H]2[C@@H]1OC[C@H]2O[N+](=O)[O-].C[S@@](=O)[C@H]1CO[C@H]2[C@@H]1OC[C@H]2O[N+](=O)[O-]. The van der Waals surface area contributed by atoms with E-state index in [0.717, 1.165) is 0 Å².